The Morgan fingerprint density at radius 3 is 2.50 bits per heavy atom. The summed E-state index contributed by atoms with van der Waals surface area (Å²) in [6, 6.07) is 19.8. The van der Waals surface area contributed by atoms with E-state index in [1.807, 2.05) is 43.3 Å². The Bertz CT molecular complexity index is 1490. The molecule has 3 aromatic carbocycles. The number of hydrogen-bond acceptors (Lipinski definition) is 3. The Hall–Kier alpha value is -4.19. The lowest BCUT2D eigenvalue weighted by Crippen LogP contribution is -2.37. The largest absolute Gasteiger partial charge is 0.318 e. The van der Waals surface area contributed by atoms with Crippen LogP contribution < -0.4 is 10.3 Å². The van der Waals surface area contributed by atoms with Gasteiger partial charge in [-0.1, -0.05) is 42.0 Å². The van der Waals surface area contributed by atoms with Gasteiger partial charge in [-0.3, -0.25) is 14.5 Å². The van der Waals surface area contributed by atoms with Crippen LogP contribution in [0.25, 0.3) is 16.5 Å². The second kappa shape index (κ2) is 8.30. The lowest BCUT2D eigenvalue weighted by molar-refractivity contribution is -0.119. The molecule has 0 atom stereocenters. The number of carbonyl (C=O) groups is 2. The first kappa shape index (κ1) is 21.6. The first-order valence-corrected chi connectivity index (χ1v) is 11.3. The average molecular weight is 451 g/mol. The third-order valence-electron chi connectivity index (χ3n) is 6.41. The van der Waals surface area contributed by atoms with Crippen LogP contribution in [0.3, 0.4) is 0 Å². The monoisotopic (exact) mass is 450 g/mol. The van der Waals surface area contributed by atoms with Gasteiger partial charge >= 0.3 is 0 Å². The number of anilines is 1. The smallest absolute Gasteiger partial charge is 0.260 e. The van der Waals surface area contributed by atoms with E-state index in [1.54, 1.807) is 12.3 Å². The molecule has 0 unspecified atom stereocenters. The van der Waals surface area contributed by atoms with Gasteiger partial charge in [0.25, 0.3) is 11.8 Å². The van der Waals surface area contributed by atoms with Gasteiger partial charge in [-0.15, -0.1) is 0 Å². The van der Waals surface area contributed by atoms with Crippen molar-refractivity contribution in [2.75, 3.05) is 11.4 Å². The number of nitrogens with zero attached hydrogens (tertiary/aromatic N) is 3. The number of nitrogens with one attached hydrogen (secondary N) is 1. The van der Waals surface area contributed by atoms with Crippen molar-refractivity contribution in [2.24, 2.45) is 5.10 Å². The Balaban J connectivity index is 1.32. The van der Waals surface area contributed by atoms with Crippen molar-refractivity contribution < 1.29 is 9.59 Å². The van der Waals surface area contributed by atoms with Gasteiger partial charge in [0.1, 0.15) is 6.54 Å². The van der Waals surface area contributed by atoms with Crippen LogP contribution in [0.4, 0.5) is 5.69 Å². The third kappa shape index (κ3) is 3.57. The van der Waals surface area contributed by atoms with Crippen molar-refractivity contribution in [1.82, 2.24) is 9.99 Å². The van der Waals surface area contributed by atoms with Gasteiger partial charge in [0, 0.05) is 33.6 Å². The van der Waals surface area contributed by atoms with E-state index in [0.29, 0.717) is 5.56 Å². The second-order valence-corrected chi connectivity index (χ2v) is 8.82. The fraction of sp³-hybridized carbons (Fsp3) is 0.179. The standard InChI is InChI=1S/C28H26N4O2/c1-17-11-12-24(18(2)13-17)32-19(3)14-22(20(32)4)15-29-30-26(33)16-31-25-10-6-8-21-7-5-9-23(27(21)25)28(31)34/h5-15H,16H2,1-4H3,(H,30,33)/b29-15-. The number of hydrazone groups is 1. The molecule has 0 radical (unpaired) electrons. The number of aromatic nitrogens is 1. The quantitative estimate of drug-likeness (QED) is 0.344. The Morgan fingerprint density at radius 2 is 1.74 bits per heavy atom. The topological polar surface area (TPSA) is 66.7 Å². The highest BCUT2D eigenvalue weighted by atomic mass is 16.2. The molecule has 1 aliphatic rings. The molecule has 2 amide bonds. The average Bonchev–Trinajstić information content (AvgIpc) is 3.24. The summed E-state index contributed by atoms with van der Waals surface area (Å²) in [7, 11) is 0. The molecule has 1 N–H and O–H groups in total. The zero-order valence-electron chi connectivity index (χ0n) is 19.7. The summed E-state index contributed by atoms with van der Waals surface area (Å²) in [5, 5.41) is 6.06. The molecule has 2 heterocycles. The fourth-order valence-electron chi connectivity index (χ4n) is 4.83. The Morgan fingerprint density at radius 1 is 0.971 bits per heavy atom. The normalized spacial score (nSPS) is 12.8. The number of aryl methyl sites for hydroxylation is 3. The van der Waals surface area contributed by atoms with Crippen LogP contribution in [0.2, 0.25) is 0 Å². The Kier molecular flexibility index (Phi) is 5.28. The molecule has 0 bridgehead atoms. The summed E-state index contributed by atoms with van der Waals surface area (Å²) in [6.45, 7) is 8.19. The maximum absolute atomic E-state index is 12.9. The van der Waals surface area contributed by atoms with Gasteiger partial charge in [-0.25, -0.2) is 5.43 Å². The molecule has 0 saturated heterocycles. The van der Waals surface area contributed by atoms with E-state index in [2.05, 4.69) is 54.1 Å². The van der Waals surface area contributed by atoms with Crippen molar-refractivity contribution in [3.05, 3.63) is 94.3 Å². The summed E-state index contributed by atoms with van der Waals surface area (Å²) >= 11 is 0. The van der Waals surface area contributed by atoms with Crippen LogP contribution in [0.1, 0.15) is 38.4 Å². The highest BCUT2D eigenvalue weighted by molar-refractivity contribution is 6.26. The molecule has 1 aromatic heterocycles. The van der Waals surface area contributed by atoms with Crippen molar-refractivity contribution in [1.29, 1.82) is 0 Å². The van der Waals surface area contributed by atoms with Crippen LogP contribution >= 0.6 is 0 Å². The SMILES string of the molecule is Cc1ccc(-n2c(C)cc(/C=N\NC(=O)CN3C(=O)c4cccc5cccc3c45)c2C)c(C)c1. The fourth-order valence-corrected chi connectivity index (χ4v) is 4.83. The van der Waals surface area contributed by atoms with Crippen molar-refractivity contribution in [2.45, 2.75) is 27.7 Å². The van der Waals surface area contributed by atoms with E-state index in [0.717, 1.165) is 39.1 Å². The maximum atomic E-state index is 12.9. The van der Waals surface area contributed by atoms with Crippen LogP contribution in [-0.4, -0.2) is 29.1 Å². The molecule has 0 fully saturated rings. The number of rotatable bonds is 5. The van der Waals surface area contributed by atoms with Crippen molar-refractivity contribution in [3.8, 4) is 5.69 Å². The first-order valence-electron chi connectivity index (χ1n) is 11.3. The molecule has 0 spiro atoms. The minimum Gasteiger partial charge on any atom is -0.318 e. The van der Waals surface area contributed by atoms with Crippen molar-refractivity contribution in [3.63, 3.8) is 0 Å². The molecular formula is C28H26N4O2. The van der Waals surface area contributed by atoms with Crippen LogP contribution in [-0.2, 0) is 4.79 Å². The summed E-state index contributed by atoms with van der Waals surface area (Å²) in [5.74, 6) is -0.513. The summed E-state index contributed by atoms with van der Waals surface area (Å²) in [6.07, 6.45) is 1.65. The minimum atomic E-state index is -0.349. The zero-order chi connectivity index (χ0) is 24.0. The van der Waals surface area contributed by atoms with Gasteiger partial charge in [-0.2, -0.15) is 5.10 Å². The molecular weight excluding hydrogens is 424 g/mol. The molecule has 6 nitrogen and oxygen atoms in total. The lowest BCUT2D eigenvalue weighted by Gasteiger charge is -2.16. The van der Waals surface area contributed by atoms with Gasteiger partial charge in [0.15, 0.2) is 0 Å². The molecule has 170 valence electrons. The zero-order valence-corrected chi connectivity index (χ0v) is 19.7. The lowest BCUT2D eigenvalue weighted by atomic mass is 10.1. The molecule has 34 heavy (non-hydrogen) atoms. The van der Waals surface area contributed by atoms with Crippen LogP contribution in [0, 0.1) is 27.7 Å². The van der Waals surface area contributed by atoms with E-state index in [9.17, 15) is 9.59 Å². The van der Waals surface area contributed by atoms with Gasteiger partial charge in [0.2, 0.25) is 0 Å². The number of benzene rings is 3. The van der Waals surface area contributed by atoms with E-state index >= 15 is 0 Å². The van der Waals surface area contributed by atoms with E-state index < -0.39 is 0 Å². The van der Waals surface area contributed by atoms with Crippen molar-refractivity contribution >= 4 is 34.5 Å². The molecule has 0 aliphatic carbocycles. The summed E-state index contributed by atoms with van der Waals surface area (Å²) in [5.41, 5.74) is 10.6. The summed E-state index contributed by atoms with van der Waals surface area (Å²) in [4.78, 5) is 27.0. The number of amides is 2. The maximum Gasteiger partial charge on any atom is 0.260 e. The molecule has 6 heteroatoms. The van der Waals surface area contributed by atoms with Crippen LogP contribution in [0.15, 0.2) is 65.8 Å². The molecule has 5 rings (SSSR count). The molecule has 0 saturated carbocycles. The van der Waals surface area contributed by atoms with Gasteiger partial charge in [-0.05, 0) is 62.9 Å². The summed E-state index contributed by atoms with van der Waals surface area (Å²) < 4.78 is 2.19. The van der Waals surface area contributed by atoms with E-state index in [1.165, 1.54) is 16.0 Å². The molecule has 1 aliphatic heterocycles. The highest BCUT2D eigenvalue weighted by Crippen LogP contribution is 2.36. The van der Waals surface area contributed by atoms with E-state index in [4.69, 9.17) is 0 Å². The third-order valence-corrected chi connectivity index (χ3v) is 6.41. The first-order chi connectivity index (χ1) is 16.3. The minimum absolute atomic E-state index is 0.0917. The molecule has 4 aromatic rings. The highest BCUT2D eigenvalue weighted by Gasteiger charge is 2.30. The predicted molar refractivity (Wildman–Crippen MR) is 136 cm³/mol. The van der Waals surface area contributed by atoms with Gasteiger partial charge in [0.05, 0.1) is 11.9 Å². The van der Waals surface area contributed by atoms with Gasteiger partial charge < -0.3 is 4.57 Å². The van der Waals surface area contributed by atoms with E-state index in [-0.39, 0.29) is 18.4 Å². The van der Waals surface area contributed by atoms with Crippen LogP contribution in [0.5, 0.6) is 0 Å². The number of hydrogen-bond donors (Lipinski definition) is 1. The predicted octanol–water partition coefficient (Wildman–Crippen LogP) is 4.97. The Labute approximate surface area is 198 Å². The second-order valence-electron chi connectivity index (χ2n) is 8.82. The number of carbonyl (C=O) groups excluding carboxylic acids is 2.